The molecule has 0 radical (unpaired) electrons. The maximum absolute atomic E-state index is 5.64. The molecule has 1 aliphatic carbocycles. The third kappa shape index (κ3) is 6.15. The fourth-order valence-corrected chi connectivity index (χ4v) is 6.14. The first-order valence-electron chi connectivity index (χ1n) is 13.3. The molecule has 0 amide bonds. The Labute approximate surface area is 215 Å². The number of aromatic nitrogens is 2. The number of anilines is 4. The number of rotatable bonds is 5. The molecule has 0 spiro atoms. The predicted molar refractivity (Wildman–Crippen MR) is 150 cm³/mol. The summed E-state index contributed by atoms with van der Waals surface area (Å²) < 4.78 is 0. The van der Waals surface area contributed by atoms with E-state index in [4.69, 9.17) is 22.2 Å². The van der Waals surface area contributed by atoms with Gasteiger partial charge < -0.3 is 25.3 Å². The average molecular weight is 494 g/mol. The van der Waals surface area contributed by atoms with E-state index in [0.717, 1.165) is 50.9 Å². The minimum absolute atomic E-state index is 0.465. The SMILES string of the molecule is CC1CC(C)CN(c2cc(N3CCN(c4ccccc4)CC3)nc(NC(=S)NC3CCCC3)n2)C1. The molecule has 7 nitrogen and oxygen atoms in total. The number of para-hydroxylation sites is 1. The van der Waals surface area contributed by atoms with Crippen LogP contribution in [0, 0.1) is 11.8 Å². The topological polar surface area (TPSA) is 59.6 Å². The van der Waals surface area contributed by atoms with Crippen LogP contribution in [0.4, 0.5) is 23.3 Å². The minimum atomic E-state index is 0.465. The Bertz CT molecular complexity index is 976. The number of nitrogens with one attached hydrogen (secondary N) is 2. The number of benzene rings is 1. The lowest BCUT2D eigenvalue weighted by molar-refractivity contribution is 0.355. The standard InChI is InChI=1S/C27H39N7S/c1-20-16-21(2)19-34(18-20)25-17-24(29-26(30-25)31-27(35)28-22-8-6-7-9-22)33-14-12-32(13-15-33)23-10-4-3-5-11-23/h3-5,10-11,17,20-22H,6-9,12-16,18-19H2,1-2H3,(H2,28,29,30,31,35). The van der Waals surface area contributed by atoms with Gasteiger partial charge in [0.25, 0.3) is 0 Å². The second-order valence-corrected chi connectivity index (χ2v) is 11.1. The maximum Gasteiger partial charge on any atom is 0.232 e. The van der Waals surface area contributed by atoms with Crippen LogP contribution in [0.2, 0.25) is 0 Å². The molecule has 2 N–H and O–H groups in total. The summed E-state index contributed by atoms with van der Waals surface area (Å²) in [5.74, 6) is 3.91. The zero-order chi connectivity index (χ0) is 24.2. The van der Waals surface area contributed by atoms with E-state index < -0.39 is 0 Å². The van der Waals surface area contributed by atoms with Crippen LogP contribution < -0.4 is 25.3 Å². The number of nitrogens with zero attached hydrogens (tertiary/aromatic N) is 5. The van der Waals surface area contributed by atoms with Crippen LogP contribution in [0.3, 0.4) is 0 Å². The van der Waals surface area contributed by atoms with Gasteiger partial charge in [0.2, 0.25) is 5.95 Å². The van der Waals surface area contributed by atoms with E-state index in [1.165, 1.54) is 37.8 Å². The smallest absolute Gasteiger partial charge is 0.232 e. The molecule has 0 bridgehead atoms. The van der Waals surface area contributed by atoms with Crippen LogP contribution >= 0.6 is 12.2 Å². The molecule has 2 saturated heterocycles. The van der Waals surface area contributed by atoms with Crippen LogP contribution in [-0.4, -0.2) is 60.4 Å². The van der Waals surface area contributed by atoms with E-state index in [2.05, 4.69) is 75.6 Å². The van der Waals surface area contributed by atoms with Crippen molar-refractivity contribution in [3.05, 3.63) is 36.4 Å². The Morgan fingerprint density at radius 3 is 2.11 bits per heavy atom. The fourth-order valence-electron chi connectivity index (χ4n) is 5.88. The molecule has 2 atom stereocenters. The zero-order valence-electron chi connectivity index (χ0n) is 21.1. The van der Waals surface area contributed by atoms with E-state index in [1.54, 1.807) is 0 Å². The van der Waals surface area contributed by atoms with Crippen LogP contribution in [0.5, 0.6) is 0 Å². The summed E-state index contributed by atoms with van der Waals surface area (Å²) >= 11 is 5.64. The van der Waals surface area contributed by atoms with Gasteiger partial charge in [-0.3, -0.25) is 0 Å². The van der Waals surface area contributed by atoms with Crippen molar-refractivity contribution >= 4 is 40.6 Å². The molecule has 3 aliphatic rings. The van der Waals surface area contributed by atoms with Gasteiger partial charge in [0, 0.05) is 57.1 Å². The van der Waals surface area contributed by atoms with Gasteiger partial charge in [-0.05, 0) is 55.4 Å². The summed E-state index contributed by atoms with van der Waals surface area (Å²) in [6.07, 6.45) is 6.19. The summed E-state index contributed by atoms with van der Waals surface area (Å²) in [6.45, 7) is 10.6. The van der Waals surface area contributed by atoms with Crippen LogP contribution in [0.25, 0.3) is 0 Å². The molecule has 1 aromatic carbocycles. The molecule has 3 fully saturated rings. The van der Waals surface area contributed by atoms with E-state index in [1.807, 2.05) is 0 Å². The molecule has 2 aliphatic heterocycles. The quantitative estimate of drug-likeness (QED) is 0.590. The molecule has 3 heterocycles. The van der Waals surface area contributed by atoms with E-state index in [-0.39, 0.29) is 0 Å². The summed E-state index contributed by atoms with van der Waals surface area (Å²) in [5, 5.41) is 7.42. The molecular formula is C27H39N7S. The molecule has 188 valence electrons. The third-order valence-corrected chi connectivity index (χ3v) is 7.75. The molecular weight excluding hydrogens is 454 g/mol. The number of hydrogen-bond acceptors (Lipinski definition) is 6. The summed E-state index contributed by atoms with van der Waals surface area (Å²) in [6, 6.07) is 13.3. The van der Waals surface area contributed by atoms with Crippen LogP contribution in [0.15, 0.2) is 36.4 Å². The van der Waals surface area contributed by atoms with Gasteiger partial charge in [-0.2, -0.15) is 9.97 Å². The van der Waals surface area contributed by atoms with Crippen LogP contribution in [0.1, 0.15) is 46.0 Å². The number of thiocarbonyl (C=S) groups is 1. The Hall–Kier alpha value is -2.61. The fraction of sp³-hybridized carbons (Fsp3) is 0.593. The van der Waals surface area contributed by atoms with Gasteiger partial charge in [-0.15, -0.1) is 0 Å². The van der Waals surface area contributed by atoms with Gasteiger partial charge >= 0.3 is 0 Å². The van der Waals surface area contributed by atoms with E-state index in [0.29, 0.717) is 28.9 Å². The van der Waals surface area contributed by atoms with Gasteiger partial charge in [0.1, 0.15) is 11.6 Å². The van der Waals surface area contributed by atoms with Crippen molar-refractivity contribution in [2.45, 2.75) is 52.0 Å². The molecule has 5 rings (SSSR count). The monoisotopic (exact) mass is 493 g/mol. The first-order chi connectivity index (χ1) is 17.0. The predicted octanol–water partition coefficient (Wildman–Crippen LogP) is 4.51. The minimum Gasteiger partial charge on any atom is -0.368 e. The number of piperazine rings is 1. The van der Waals surface area contributed by atoms with Crippen molar-refractivity contribution in [2.75, 3.05) is 59.3 Å². The highest BCUT2D eigenvalue weighted by atomic mass is 32.1. The summed E-state index contributed by atoms with van der Waals surface area (Å²) in [4.78, 5) is 17.1. The lowest BCUT2D eigenvalue weighted by atomic mass is 9.92. The molecule has 1 saturated carbocycles. The Balaban J connectivity index is 1.33. The first kappa shape index (κ1) is 24.1. The zero-order valence-corrected chi connectivity index (χ0v) is 21.9. The summed E-state index contributed by atoms with van der Waals surface area (Å²) in [7, 11) is 0. The maximum atomic E-state index is 5.64. The van der Waals surface area contributed by atoms with Gasteiger partial charge in [-0.25, -0.2) is 0 Å². The Morgan fingerprint density at radius 1 is 0.857 bits per heavy atom. The highest BCUT2D eigenvalue weighted by Gasteiger charge is 2.26. The van der Waals surface area contributed by atoms with Crippen molar-refractivity contribution in [3.8, 4) is 0 Å². The van der Waals surface area contributed by atoms with Gasteiger partial charge in [-0.1, -0.05) is 44.9 Å². The van der Waals surface area contributed by atoms with Crippen molar-refractivity contribution in [3.63, 3.8) is 0 Å². The van der Waals surface area contributed by atoms with Crippen molar-refractivity contribution in [1.82, 2.24) is 15.3 Å². The van der Waals surface area contributed by atoms with Crippen molar-refractivity contribution < 1.29 is 0 Å². The third-order valence-electron chi connectivity index (χ3n) is 7.53. The normalized spacial score (nSPS) is 23.4. The van der Waals surface area contributed by atoms with Gasteiger partial charge in [0.15, 0.2) is 5.11 Å². The molecule has 35 heavy (non-hydrogen) atoms. The molecule has 2 unspecified atom stereocenters. The lowest BCUT2D eigenvalue weighted by Gasteiger charge is -2.38. The first-order valence-corrected chi connectivity index (χ1v) is 13.7. The highest BCUT2D eigenvalue weighted by molar-refractivity contribution is 7.80. The van der Waals surface area contributed by atoms with E-state index >= 15 is 0 Å². The highest BCUT2D eigenvalue weighted by Crippen LogP contribution is 2.29. The number of hydrogen-bond donors (Lipinski definition) is 2. The largest absolute Gasteiger partial charge is 0.368 e. The molecule has 1 aromatic heterocycles. The summed E-state index contributed by atoms with van der Waals surface area (Å²) in [5.41, 5.74) is 1.29. The number of piperidine rings is 1. The van der Waals surface area contributed by atoms with E-state index in [9.17, 15) is 0 Å². The lowest BCUT2D eigenvalue weighted by Crippen LogP contribution is -2.47. The average Bonchev–Trinajstić information content (AvgIpc) is 3.37. The Morgan fingerprint density at radius 2 is 1.46 bits per heavy atom. The van der Waals surface area contributed by atoms with Crippen LogP contribution in [-0.2, 0) is 0 Å². The molecule has 8 heteroatoms. The van der Waals surface area contributed by atoms with Crippen molar-refractivity contribution in [1.29, 1.82) is 0 Å². The Kier molecular flexibility index (Phi) is 7.56. The molecule has 2 aromatic rings. The van der Waals surface area contributed by atoms with Crippen molar-refractivity contribution in [2.24, 2.45) is 11.8 Å². The van der Waals surface area contributed by atoms with Gasteiger partial charge in [0.05, 0.1) is 0 Å². The second-order valence-electron chi connectivity index (χ2n) is 10.6. The second kappa shape index (κ2) is 11.0.